The molecule has 0 unspecified atom stereocenters. The monoisotopic (exact) mass is 431 g/mol. The molecule has 8 nitrogen and oxygen atoms in total. The van der Waals surface area contributed by atoms with Crippen molar-refractivity contribution in [1.29, 1.82) is 0 Å². The first kappa shape index (κ1) is 21.4. The quantitative estimate of drug-likeness (QED) is 0.417. The Balaban J connectivity index is 1.74. The van der Waals surface area contributed by atoms with Gasteiger partial charge in [0.2, 0.25) is 5.91 Å². The molecule has 3 rings (SSSR count). The molecule has 2 aromatic heterocycles. The van der Waals surface area contributed by atoms with Crippen LogP contribution >= 0.6 is 11.8 Å². The minimum Gasteiger partial charge on any atom is -0.385 e. The van der Waals surface area contributed by atoms with Gasteiger partial charge in [-0.05, 0) is 31.8 Å². The average molecular weight is 431 g/mol. The zero-order valence-corrected chi connectivity index (χ0v) is 17.1. The van der Waals surface area contributed by atoms with Crippen molar-refractivity contribution in [1.82, 2.24) is 19.7 Å². The first-order valence-corrected chi connectivity index (χ1v) is 9.91. The Bertz CT molecular complexity index is 1090. The minimum absolute atomic E-state index is 0.0196. The molecule has 0 atom stereocenters. The van der Waals surface area contributed by atoms with Gasteiger partial charge in [0.15, 0.2) is 16.8 Å². The van der Waals surface area contributed by atoms with Crippen molar-refractivity contribution < 1.29 is 13.6 Å². The molecule has 0 aliphatic heterocycles. The maximum atomic E-state index is 13.7. The minimum atomic E-state index is -0.836. The number of anilines is 2. The summed E-state index contributed by atoms with van der Waals surface area (Å²) in [6, 6.07) is 4.80. The maximum Gasteiger partial charge on any atom is 0.234 e. The molecular weight excluding hydrogens is 412 g/mol. The van der Waals surface area contributed by atoms with E-state index >= 15 is 0 Å². The van der Waals surface area contributed by atoms with Crippen LogP contribution in [0.5, 0.6) is 0 Å². The molecule has 0 aliphatic carbocycles. The second-order valence-corrected chi connectivity index (χ2v) is 6.96. The highest BCUT2D eigenvalue weighted by molar-refractivity contribution is 7.99. The summed E-state index contributed by atoms with van der Waals surface area (Å²) in [4.78, 5) is 20.3. The summed E-state index contributed by atoms with van der Waals surface area (Å²) in [5, 5.41) is 14.3. The molecule has 0 radical (unpaired) electrons. The predicted octanol–water partition coefficient (Wildman–Crippen LogP) is 3.74. The summed E-state index contributed by atoms with van der Waals surface area (Å²) < 4.78 is 28.5. The van der Waals surface area contributed by atoms with Crippen molar-refractivity contribution in [3.05, 3.63) is 42.1 Å². The first-order chi connectivity index (χ1) is 14.5. The number of hydrogen-bond donors (Lipinski definition) is 2. The van der Waals surface area contributed by atoms with E-state index < -0.39 is 17.5 Å². The highest BCUT2D eigenvalue weighted by Gasteiger charge is 2.17. The van der Waals surface area contributed by atoms with E-state index in [9.17, 15) is 13.6 Å². The molecule has 0 saturated carbocycles. The Hall–Kier alpha value is -3.34. The van der Waals surface area contributed by atoms with E-state index in [1.807, 2.05) is 17.6 Å². The van der Waals surface area contributed by atoms with E-state index in [-0.39, 0.29) is 11.4 Å². The van der Waals surface area contributed by atoms with Gasteiger partial charge in [0.1, 0.15) is 11.6 Å². The van der Waals surface area contributed by atoms with Crippen LogP contribution in [-0.4, -0.2) is 45.2 Å². The molecule has 1 amide bonds. The number of thioether (sulfide) groups is 1. The van der Waals surface area contributed by atoms with Crippen LogP contribution in [0.3, 0.4) is 0 Å². The molecule has 30 heavy (non-hydrogen) atoms. The highest BCUT2D eigenvalue weighted by atomic mass is 32.2. The van der Waals surface area contributed by atoms with Gasteiger partial charge in [0, 0.05) is 31.4 Å². The van der Waals surface area contributed by atoms with E-state index in [1.54, 1.807) is 13.2 Å². The maximum absolute atomic E-state index is 13.7. The van der Waals surface area contributed by atoms with E-state index in [4.69, 9.17) is 0 Å². The Morgan fingerprint density at radius 2 is 2.07 bits per heavy atom. The topological polar surface area (TPSA) is 97.1 Å². The number of nitrogens with zero attached hydrogens (tertiary/aromatic N) is 5. The molecule has 0 spiro atoms. The SMILES string of the molecule is C=Nc1ncc(-c2nnc(SCC(=O)Nc3ccc(F)cc3F)n2CC)cc1NC. The van der Waals surface area contributed by atoms with Crippen molar-refractivity contribution in [3.63, 3.8) is 0 Å². The molecule has 1 aromatic carbocycles. The van der Waals surface area contributed by atoms with Crippen molar-refractivity contribution in [2.24, 2.45) is 4.99 Å². The van der Waals surface area contributed by atoms with Crippen LogP contribution in [0.25, 0.3) is 11.4 Å². The van der Waals surface area contributed by atoms with Crippen molar-refractivity contribution in [3.8, 4) is 11.4 Å². The number of halogens is 2. The molecule has 2 N–H and O–H groups in total. The Kier molecular flexibility index (Phi) is 6.72. The predicted molar refractivity (Wildman–Crippen MR) is 113 cm³/mol. The van der Waals surface area contributed by atoms with Gasteiger partial charge in [-0.25, -0.2) is 18.8 Å². The van der Waals surface area contributed by atoms with E-state index in [2.05, 4.69) is 37.5 Å². The van der Waals surface area contributed by atoms with Gasteiger partial charge in [-0.3, -0.25) is 4.79 Å². The number of nitrogens with one attached hydrogen (secondary N) is 2. The van der Waals surface area contributed by atoms with E-state index in [0.717, 1.165) is 23.4 Å². The Labute approximate surface area is 175 Å². The molecule has 2 heterocycles. The number of rotatable bonds is 8. The van der Waals surface area contributed by atoms with Gasteiger partial charge >= 0.3 is 0 Å². The lowest BCUT2D eigenvalue weighted by molar-refractivity contribution is -0.113. The normalized spacial score (nSPS) is 10.7. The molecule has 3 aromatic rings. The van der Waals surface area contributed by atoms with Crippen LogP contribution in [0.4, 0.5) is 26.0 Å². The van der Waals surface area contributed by atoms with Crippen LogP contribution in [0.2, 0.25) is 0 Å². The number of aliphatic imine (C=N–C) groups is 1. The lowest BCUT2D eigenvalue weighted by atomic mass is 10.2. The third-order valence-corrected chi connectivity index (χ3v) is 5.08. The lowest BCUT2D eigenvalue weighted by Crippen LogP contribution is -2.15. The molecule has 156 valence electrons. The van der Waals surface area contributed by atoms with E-state index in [1.165, 1.54) is 6.07 Å². The van der Waals surface area contributed by atoms with Gasteiger partial charge in [-0.1, -0.05) is 11.8 Å². The Morgan fingerprint density at radius 3 is 2.73 bits per heavy atom. The molecule has 0 fully saturated rings. The smallest absolute Gasteiger partial charge is 0.234 e. The summed E-state index contributed by atoms with van der Waals surface area (Å²) in [5.74, 6) is -0.950. The van der Waals surface area contributed by atoms with Crippen LogP contribution in [-0.2, 0) is 11.3 Å². The first-order valence-electron chi connectivity index (χ1n) is 8.92. The lowest BCUT2D eigenvalue weighted by Gasteiger charge is -2.10. The van der Waals surface area contributed by atoms with Crippen LogP contribution in [0, 0.1) is 11.6 Å². The van der Waals surface area contributed by atoms with Crippen LogP contribution < -0.4 is 10.6 Å². The number of carbonyl (C=O) groups is 1. The number of aromatic nitrogens is 4. The second kappa shape index (κ2) is 9.44. The van der Waals surface area contributed by atoms with Crippen LogP contribution in [0.1, 0.15) is 6.92 Å². The van der Waals surface area contributed by atoms with E-state index in [0.29, 0.717) is 35.1 Å². The molecule has 0 aliphatic rings. The summed E-state index contributed by atoms with van der Waals surface area (Å²) >= 11 is 1.16. The van der Waals surface area contributed by atoms with Crippen LogP contribution in [0.15, 0.2) is 40.6 Å². The fraction of sp³-hybridized carbons (Fsp3) is 0.211. The number of amides is 1. The number of carbonyl (C=O) groups excluding carboxylic acids is 1. The third-order valence-electron chi connectivity index (χ3n) is 4.11. The highest BCUT2D eigenvalue weighted by Crippen LogP contribution is 2.29. The summed E-state index contributed by atoms with van der Waals surface area (Å²) in [5.41, 5.74) is 1.34. The summed E-state index contributed by atoms with van der Waals surface area (Å²) in [6.45, 7) is 5.98. The fourth-order valence-electron chi connectivity index (χ4n) is 2.69. The number of hydrogen-bond acceptors (Lipinski definition) is 7. The van der Waals surface area contributed by atoms with Gasteiger partial charge in [-0.15, -0.1) is 10.2 Å². The largest absolute Gasteiger partial charge is 0.385 e. The summed E-state index contributed by atoms with van der Waals surface area (Å²) in [7, 11) is 1.75. The zero-order valence-electron chi connectivity index (χ0n) is 16.3. The molecule has 0 bridgehead atoms. The summed E-state index contributed by atoms with van der Waals surface area (Å²) in [6.07, 6.45) is 1.62. The molecule has 0 saturated heterocycles. The van der Waals surface area contributed by atoms with Gasteiger partial charge in [-0.2, -0.15) is 0 Å². The Morgan fingerprint density at radius 1 is 1.27 bits per heavy atom. The molecule has 11 heteroatoms. The number of benzene rings is 1. The standard InChI is InChI=1S/C19H19F2N7OS/c1-4-28-18(11-7-15(22-2)17(23-3)24-9-11)26-27-19(28)30-10-16(29)25-14-6-5-12(20)8-13(14)21/h5-9,22H,3-4,10H2,1-2H3,(H,25,29). The zero-order chi connectivity index (χ0) is 21.7. The van der Waals surface area contributed by atoms with Crippen molar-refractivity contribution >= 4 is 41.6 Å². The fourth-order valence-corrected chi connectivity index (χ4v) is 3.49. The third kappa shape index (κ3) is 4.62. The molecular formula is C19H19F2N7OS. The van der Waals surface area contributed by atoms with Crippen molar-refractivity contribution in [2.45, 2.75) is 18.6 Å². The van der Waals surface area contributed by atoms with Gasteiger partial charge in [0.05, 0.1) is 17.1 Å². The van der Waals surface area contributed by atoms with Gasteiger partial charge < -0.3 is 15.2 Å². The van der Waals surface area contributed by atoms with Crippen molar-refractivity contribution in [2.75, 3.05) is 23.4 Å². The second-order valence-electron chi connectivity index (χ2n) is 6.01. The average Bonchev–Trinajstić information content (AvgIpc) is 3.16. The number of pyridine rings is 1. The van der Waals surface area contributed by atoms with Gasteiger partial charge in [0.25, 0.3) is 0 Å².